The van der Waals surface area contributed by atoms with Crippen molar-refractivity contribution in [3.8, 4) is 17.0 Å². The van der Waals surface area contributed by atoms with Crippen LogP contribution < -0.4 is 16.2 Å². The number of carboxylic acids is 1. The van der Waals surface area contributed by atoms with Crippen molar-refractivity contribution in [2.24, 2.45) is 17.1 Å². The fraction of sp³-hybridized carbons (Fsp3) is 0.368. The van der Waals surface area contributed by atoms with Gasteiger partial charge in [0.05, 0.1) is 5.69 Å². The molecule has 136 valence electrons. The molecule has 5 N–H and O–H groups in total. The quantitative estimate of drug-likeness (QED) is 0.663. The number of nitrogens with zero attached hydrogens (tertiary/aromatic N) is 1. The van der Waals surface area contributed by atoms with Crippen LogP contribution in [0.1, 0.15) is 22.8 Å². The van der Waals surface area contributed by atoms with Crippen molar-refractivity contribution in [2.45, 2.75) is 19.9 Å². The minimum atomic E-state index is -1.45. The Morgan fingerprint density at radius 1 is 1.35 bits per heavy atom. The summed E-state index contributed by atoms with van der Waals surface area (Å²) in [5.41, 5.74) is 7.40. The molecular formula is C19H21N3O4. The molecule has 0 radical (unpaired) electrons. The van der Waals surface area contributed by atoms with Gasteiger partial charge in [0.2, 0.25) is 0 Å². The maximum absolute atomic E-state index is 12.0. The molecule has 2 fully saturated rings. The smallest absolute Gasteiger partial charge is 0.345 e. The van der Waals surface area contributed by atoms with E-state index in [1.54, 1.807) is 6.92 Å². The molecule has 4 rings (SSSR count). The van der Waals surface area contributed by atoms with E-state index in [-0.39, 0.29) is 5.41 Å². The summed E-state index contributed by atoms with van der Waals surface area (Å²) in [7, 11) is 0. The molecule has 3 atom stereocenters. The Labute approximate surface area is 150 Å². The van der Waals surface area contributed by atoms with Crippen molar-refractivity contribution < 1.29 is 15.0 Å². The second-order valence-electron chi connectivity index (χ2n) is 7.55. The number of pyridine rings is 1. The molecule has 1 aliphatic heterocycles. The van der Waals surface area contributed by atoms with Crippen molar-refractivity contribution in [2.75, 3.05) is 18.0 Å². The highest BCUT2D eigenvalue weighted by Gasteiger charge is 2.64. The van der Waals surface area contributed by atoms with E-state index in [1.807, 2.05) is 24.3 Å². The van der Waals surface area contributed by atoms with Gasteiger partial charge in [-0.05, 0) is 24.6 Å². The average molecular weight is 355 g/mol. The molecule has 0 spiro atoms. The molecule has 0 bridgehead atoms. The average Bonchev–Trinajstić information content (AvgIpc) is 2.92. The van der Waals surface area contributed by atoms with E-state index in [0.29, 0.717) is 28.8 Å². The highest BCUT2D eigenvalue weighted by molar-refractivity contribution is 5.91. The number of piperidine rings is 1. The third-order valence-corrected chi connectivity index (χ3v) is 6.05. The highest BCUT2D eigenvalue weighted by Crippen LogP contribution is 2.56. The van der Waals surface area contributed by atoms with Crippen LogP contribution in [0.2, 0.25) is 0 Å². The number of aromatic hydroxyl groups is 1. The van der Waals surface area contributed by atoms with E-state index >= 15 is 0 Å². The van der Waals surface area contributed by atoms with Gasteiger partial charge in [-0.2, -0.15) is 0 Å². The lowest BCUT2D eigenvalue weighted by Crippen LogP contribution is -2.30. The number of aromatic amines is 1. The Bertz CT molecular complexity index is 966. The Hall–Kier alpha value is -2.80. The second kappa shape index (κ2) is 5.35. The zero-order chi connectivity index (χ0) is 18.8. The van der Waals surface area contributed by atoms with Crippen LogP contribution in [0.25, 0.3) is 11.3 Å². The van der Waals surface area contributed by atoms with Gasteiger partial charge in [-0.15, -0.1) is 0 Å². The third kappa shape index (κ3) is 2.24. The molecule has 1 saturated heterocycles. The van der Waals surface area contributed by atoms with Gasteiger partial charge in [0.25, 0.3) is 5.56 Å². The number of aromatic carboxylic acids is 1. The Kier molecular flexibility index (Phi) is 3.43. The molecule has 0 amide bonds. The van der Waals surface area contributed by atoms with Crippen LogP contribution in [0.4, 0.5) is 5.69 Å². The summed E-state index contributed by atoms with van der Waals surface area (Å²) in [6.07, 6.45) is 0. The number of rotatable bonds is 3. The van der Waals surface area contributed by atoms with Crippen LogP contribution in [0, 0.1) is 18.3 Å². The van der Waals surface area contributed by atoms with Gasteiger partial charge in [-0.3, -0.25) is 4.79 Å². The van der Waals surface area contributed by atoms with Gasteiger partial charge in [0.15, 0.2) is 5.56 Å². The molecule has 7 heteroatoms. The number of fused-ring (bicyclic) bond motifs is 1. The van der Waals surface area contributed by atoms with E-state index in [1.165, 1.54) is 0 Å². The second-order valence-corrected chi connectivity index (χ2v) is 7.55. The first-order chi connectivity index (χ1) is 12.2. The summed E-state index contributed by atoms with van der Waals surface area (Å²) >= 11 is 0. The van der Waals surface area contributed by atoms with Gasteiger partial charge in [0, 0.05) is 41.7 Å². The standard InChI is InChI=1S/C19H21N3O4/c1-9-14(21-17(24)13(15(9)23)18(25)26)10-3-5-11(6-4-10)22-7-12-16(20)19(12,2)8-22/h3-6,12,16H,7-8,20H2,1-2H3,(H,25,26)(H2,21,23,24)/t12-,16-,19-/m1/s1. The minimum absolute atomic E-state index is 0.207. The van der Waals surface area contributed by atoms with Crippen LogP contribution in [-0.2, 0) is 0 Å². The summed E-state index contributed by atoms with van der Waals surface area (Å²) in [6, 6.07) is 7.95. The number of hydrogen-bond acceptors (Lipinski definition) is 5. The molecule has 1 aromatic heterocycles. The van der Waals surface area contributed by atoms with Gasteiger partial charge in [-0.25, -0.2) is 4.79 Å². The number of H-pyrrole nitrogens is 1. The third-order valence-electron chi connectivity index (χ3n) is 6.05. The van der Waals surface area contributed by atoms with Crippen LogP contribution in [0.5, 0.6) is 5.75 Å². The van der Waals surface area contributed by atoms with E-state index in [9.17, 15) is 14.7 Å². The molecule has 2 aliphatic rings. The monoisotopic (exact) mass is 355 g/mol. The maximum atomic E-state index is 12.0. The number of hydrogen-bond donors (Lipinski definition) is 4. The normalized spacial score (nSPS) is 26.7. The van der Waals surface area contributed by atoms with Crippen molar-refractivity contribution in [1.82, 2.24) is 4.98 Å². The Morgan fingerprint density at radius 3 is 2.54 bits per heavy atom. The zero-order valence-corrected chi connectivity index (χ0v) is 14.6. The number of benzene rings is 1. The van der Waals surface area contributed by atoms with E-state index in [2.05, 4.69) is 16.8 Å². The number of anilines is 1. The molecule has 1 aromatic carbocycles. The Morgan fingerprint density at radius 2 is 2.00 bits per heavy atom. The zero-order valence-electron chi connectivity index (χ0n) is 14.6. The van der Waals surface area contributed by atoms with Crippen molar-refractivity contribution >= 4 is 11.7 Å². The van der Waals surface area contributed by atoms with E-state index < -0.39 is 22.8 Å². The predicted octanol–water partition coefficient (Wildman–Crippen LogP) is 1.54. The van der Waals surface area contributed by atoms with Gasteiger partial charge in [0.1, 0.15) is 5.75 Å². The summed E-state index contributed by atoms with van der Waals surface area (Å²) in [5.74, 6) is -1.41. The van der Waals surface area contributed by atoms with Crippen LogP contribution in [0.3, 0.4) is 0 Å². The molecule has 2 heterocycles. The molecule has 7 nitrogen and oxygen atoms in total. The first kappa shape index (κ1) is 16.7. The summed E-state index contributed by atoms with van der Waals surface area (Å²) < 4.78 is 0. The lowest BCUT2D eigenvalue weighted by atomic mass is 10.0. The van der Waals surface area contributed by atoms with E-state index in [0.717, 1.165) is 18.8 Å². The largest absolute Gasteiger partial charge is 0.506 e. The summed E-state index contributed by atoms with van der Waals surface area (Å²) in [6.45, 7) is 5.68. The maximum Gasteiger partial charge on any atom is 0.345 e. The number of aromatic nitrogens is 1. The van der Waals surface area contributed by atoms with Gasteiger partial charge >= 0.3 is 5.97 Å². The molecule has 1 aliphatic carbocycles. The molecular weight excluding hydrogens is 334 g/mol. The SMILES string of the molecule is Cc1c(-c2ccc(N3C[C@@H]4[C@@H](N)[C@]4(C)C3)cc2)[nH]c(=O)c(C(=O)O)c1O. The lowest BCUT2D eigenvalue weighted by Gasteiger charge is -2.23. The summed E-state index contributed by atoms with van der Waals surface area (Å²) in [5, 5.41) is 19.1. The fourth-order valence-electron chi connectivity index (χ4n) is 4.16. The van der Waals surface area contributed by atoms with Crippen molar-refractivity contribution in [3.63, 3.8) is 0 Å². The van der Waals surface area contributed by atoms with Crippen LogP contribution in [-0.4, -0.2) is 40.3 Å². The minimum Gasteiger partial charge on any atom is -0.506 e. The van der Waals surface area contributed by atoms with Gasteiger partial charge in [-0.1, -0.05) is 19.1 Å². The number of carbonyl (C=O) groups is 1. The van der Waals surface area contributed by atoms with Crippen LogP contribution >= 0.6 is 0 Å². The number of nitrogens with two attached hydrogens (primary N) is 1. The molecule has 0 unspecified atom stereocenters. The first-order valence-corrected chi connectivity index (χ1v) is 8.54. The number of nitrogens with one attached hydrogen (secondary N) is 1. The summed E-state index contributed by atoms with van der Waals surface area (Å²) in [4.78, 5) is 28.0. The van der Waals surface area contributed by atoms with Crippen molar-refractivity contribution in [3.05, 3.63) is 45.7 Å². The predicted molar refractivity (Wildman–Crippen MR) is 97.6 cm³/mol. The van der Waals surface area contributed by atoms with Crippen molar-refractivity contribution in [1.29, 1.82) is 0 Å². The molecule has 2 aromatic rings. The number of carboxylic acid groups (broad SMARTS) is 1. The first-order valence-electron chi connectivity index (χ1n) is 8.54. The topological polar surface area (TPSA) is 120 Å². The van der Waals surface area contributed by atoms with Gasteiger partial charge < -0.3 is 25.8 Å². The lowest BCUT2D eigenvalue weighted by molar-refractivity contribution is 0.0691. The van der Waals surface area contributed by atoms with E-state index in [4.69, 9.17) is 10.8 Å². The molecule has 26 heavy (non-hydrogen) atoms. The highest BCUT2D eigenvalue weighted by atomic mass is 16.4. The Balaban J connectivity index is 1.64. The fourth-order valence-corrected chi connectivity index (χ4v) is 4.16. The van der Waals surface area contributed by atoms with Crippen LogP contribution in [0.15, 0.2) is 29.1 Å². The molecule has 1 saturated carbocycles.